The van der Waals surface area contributed by atoms with Gasteiger partial charge in [0, 0.05) is 12.7 Å². The molecule has 0 spiro atoms. The molecule has 4 aromatic rings. The van der Waals surface area contributed by atoms with Gasteiger partial charge in [-0.05, 0) is 53.9 Å². The second-order valence-corrected chi connectivity index (χ2v) is 7.51. The van der Waals surface area contributed by atoms with Gasteiger partial charge in [-0.15, -0.1) is 0 Å². The van der Waals surface area contributed by atoms with E-state index in [2.05, 4.69) is 10.3 Å². The lowest BCUT2D eigenvalue weighted by Crippen LogP contribution is -2.25. The molecular weight excluding hydrogens is 417 g/mol. The smallest absolute Gasteiger partial charge is 0.270 e. The molecule has 5 nitrogen and oxygen atoms in total. The number of hydrogen-bond donors (Lipinski definition) is 1. The van der Waals surface area contributed by atoms with Crippen molar-refractivity contribution < 1.29 is 13.9 Å². The summed E-state index contributed by atoms with van der Waals surface area (Å²) in [6.07, 6.45) is 2.34. The number of nitrogens with zero attached hydrogens (tertiary/aromatic N) is 2. The van der Waals surface area contributed by atoms with Crippen LogP contribution < -0.4 is 10.1 Å². The average Bonchev–Trinajstić information content (AvgIpc) is 3.15. The largest absolute Gasteiger partial charge is 0.489 e. The highest BCUT2D eigenvalue weighted by molar-refractivity contribution is 6.30. The molecule has 0 bridgehead atoms. The molecule has 2 aromatic heterocycles. The third-order valence-corrected chi connectivity index (χ3v) is 5.12. The van der Waals surface area contributed by atoms with E-state index in [4.69, 9.17) is 16.3 Å². The minimum atomic E-state index is -0.270. The Morgan fingerprint density at radius 1 is 1.06 bits per heavy atom. The number of rotatable bonds is 7. The maximum atomic E-state index is 13.0. The average molecular weight is 438 g/mol. The molecule has 2 aromatic carbocycles. The van der Waals surface area contributed by atoms with Gasteiger partial charge >= 0.3 is 0 Å². The van der Waals surface area contributed by atoms with Crippen molar-refractivity contribution in [2.24, 2.45) is 0 Å². The number of aromatic nitrogens is 2. The van der Waals surface area contributed by atoms with Crippen molar-refractivity contribution in [3.63, 3.8) is 0 Å². The molecule has 0 aliphatic heterocycles. The Labute approximate surface area is 184 Å². The van der Waals surface area contributed by atoms with E-state index < -0.39 is 0 Å². The highest BCUT2D eigenvalue weighted by Gasteiger charge is 2.18. The number of ether oxygens (including phenoxy) is 1. The maximum absolute atomic E-state index is 13.0. The molecule has 158 valence electrons. The van der Waals surface area contributed by atoms with Gasteiger partial charge in [-0.3, -0.25) is 9.20 Å². The van der Waals surface area contributed by atoms with Crippen LogP contribution in [0.1, 0.15) is 34.2 Å². The van der Waals surface area contributed by atoms with Crippen LogP contribution in [0, 0.1) is 5.82 Å². The SMILES string of the molecule is CCc1nc2ccc(Cl)cn2c1C(=O)NCc1ccc(OCc2ccc(F)cc2)cc1. The molecule has 0 radical (unpaired) electrons. The predicted octanol–water partition coefficient (Wildman–Crippen LogP) is 5.20. The fourth-order valence-corrected chi connectivity index (χ4v) is 3.43. The van der Waals surface area contributed by atoms with Crippen LogP contribution in [0.15, 0.2) is 66.9 Å². The number of amides is 1. The highest BCUT2D eigenvalue weighted by Crippen LogP contribution is 2.18. The molecule has 2 heterocycles. The van der Waals surface area contributed by atoms with Gasteiger partial charge in [-0.1, -0.05) is 42.8 Å². The lowest BCUT2D eigenvalue weighted by molar-refractivity contribution is 0.0944. The van der Waals surface area contributed by atoms with Gasteiger partial charge < -0.3 is 10.1 Å². The molecule has 0 aliphatic carbocycles. The molecule has 31 heavy (non-hydrogen) atoms. The molecule has 1 N–H and O–H groups in total. The quantitative estimate of drug-likeness (QED) is 0.432. The Hall–Kier alpha value is -3.38. The van der Waals surface area contributed by atoms with Crippen LogP contribution in [0.25, 0.3) is 5.65 Å². The van der Waals surface area contributed by atoms with Crippen LogP contribution in [-0.4, -0.2) is 15.3 Å². The second kappa shape index (κ2) is 9.18. The van der Waals surface area contributed by atoms with Crippen molar-refractivity contribution in [2.45, 2.75) is 26.5 Å². The summed E-state index contributed by atoms with van der Waals surface area (Å²) < 4.78 is 20.4. The Morgan fingerprint density at radius 2 is 1.77 bits per heavy atom. The van der Waals surface area contributed by atoms with Crippen molar-refractivity contribution >= 4 is 23.2 Å². The van der Waals surface area contributed by atoms with Gasteiger partial charge in [-0.25, -0.2) is 9.37 Å². The Balaban J connectivity index is 1.39. The minimum Gasteiger partial charge on any atom is -0.489 e. The van der Waals surface area contributed by atoms with Gasteiger partial charge in [0.25, 0.3) is 5.91 Å². The van der Waals surface area contributed by atoms with Crippen molar-refractivity contribution in [2.75, 3.05) is 0 Å². The van der Waals surface area contributed by atoms with Crippen molar-refractivity contribution in [1.82, 2.24) is 14.7 Å². The fourth-order valence-electron chi connectivity index (χ4n) is 3.27. The first-order chi connectivity index (χ1) is 15.0. The number of pyridine rings is 1. The first-order valence-corrected chi connectivity index (χ1v) is 10.3. The number of hydrogen-bond acceptors (Lipinski definition) is 3. The Morgan fingerprint density at radius 3 is 2.48 bits per heavy atom. The third-order valence-electron chi connectivity index (χ3n) is 4.90. The number of carbonyl (C=O) groups is 1. The molecule has 4 rings (SSSR count). The van der Waals surface area contributed by atoms with Crippen LogP contribution >= 0.6 is 11.6 Å². The zero-order valence-electron chi connectivity index (χ0n) is 16.9. The summed E-state index contributed by atoms with van der Waals surface area (Å²) in [5.74, 6) is 0.223. The Kier molecular flexibility index (Phi) is 6.18. The summed E-state index contributed by atoms with van der Waals surface area (Å²) in [6.45, 7) is 2.69. The molecule has 0 atom stereocenters. The van der Waals surface area contributed by atoms with Gasteiger partial charge in [-0.2, -0.15) is 0 Å². The number of fused-ring (bicyclic) bond motifs is 1. The molecule has 0 saturated heterocycles. The lowest BCUT2D eigenvalue weighted by atomic mass is 10.2. The zero-order chi connectivity index (χ0) is 21.8. The fraction of sp³-hybridized carbons (Fsp3) is 0.167. The van der Waals surface area contributed by atoms with E-state index in [0.29, 0.717) is 41.7 Å². The molecule has 0 unspecified atom stereocenters. The van der Waals surface area contributed by atoms with E-state index in [1.807, 2.05) is 31.2 Å². The van der Waals surface area contributed by atoms with Gasteiger partial charge in [0.1, 0.15) is 29.5 Å². The van der Waals surface area contributed by atoms with E-state index in [1.165, 1.54) is 12.1 Å². The van der Waals surface area contributed by atoms with E-state index in [1.54, 1.807) is 34.9 Å². The third kappa shape index (κ3) is 4.86. The number of benzene rings is 2. The topological polar surface area (TPSA) is 55.6 Å². The van der Waals surface area contributed by atoms with E-state index in [9.17, 15) is 9.18 Å². The van der Waals surface area contributed by atoms with E-state index in [0.717, 1.165) is 16.8 Å². The molecule has 0 saturated carbocycles. The number of carbonyl (C=O) groups excluding carboxylic acids is 1. The van der Waals surface area contributed by atoms with Crippen molar-refractivity contribution in [3.05, 3.63) is 100 Å². The molecule has 0 aliphatic rings. The lowest BCUT2D eigenvalue weighted by Gasteiger charge is -2.09. The summed E-state index contributed by atoms with van der Waals surface area (Å²) in [5, 5.41) is 3.49. The summed E-state index contributed by atoms with van der Waals surface area (Å²) in [7, 11) is 0. The normalized spacial score (nSPS) is 10.9. The standard InChI is InChI=1S/C24H21ClFN3O2/c1-2-21-23(29-14-18(25)7-12-22(29)28-21)24(30)27-13-16-5-10-20(11-6-16)31-15-17-3-8-19(26)9-4-17/h3-12,14H,2,13,15H2,1H3,(H,27,30). The van der Waals surface area contributed by atoms with Crippen molar-refractivity contribution in [3.8, 4) is 5.75 Å². The summed E-state index contributed by atoms with van der Waals surface area (Å²) >= 11 is 6.10. The summed E-state index contributed by atoms with van der Waals surface area (Å²) in [5.41, 5.74) is 3.74. The molecular formula is C24H21ClFN3O2. The number of imidazole rings is 1. The first kappa shape index (κ1) is 20.9. The first-order valence-electron chi connectivity index (χ1n) is 9.94. The van der Waals surface area contributed by atoms with E-state index in [-0.39, 0.29) is 11.7 Å². The summed E-state index contributed by atoms with van der Waals surface area (Å²) in [6, 6.07) is 17.2. The second-order valence-electron chi connectivity index (χ2n) is 7.08. The van der Waals surface area contributed by atoms with Gasteiger partial charge in [0.15, 0.2) is 0 Å². The van der Waals surface area contributed by atoms with Crippen molar-refractivity contribution in [1.29, 1.82) is 0 Å². The summed E-state index contributed by atoms with van der Waals surface area (Å²) in [4.78, 5) is 17.4. The minimum absolute atomic E-state index is 0.205. The molecule has 0 fully saturated rings. The number of nitrogens with one attached hydrogen (secondary N) is 1. The maximum Gasteiger partial charge on any atom is 0.270 e. The highest BCUT2D eigenvalue weighted by atomic mass is 35.5. The molecule has 1 amide bonds. The van der Waals surface area contributed by atoms with E-state index >= 15 is 0 Å². The number of aryl methyl sites for hydroxylation is 1. The van der Waals surface area contributed by atoms with Crippen LogP contribution in [-0.2, 0) is 19.6 Å². The van der Waals surface area contributed by atoms with Gasteiger partial charge in [0.2, 0.25) is 0 Å². The van der Waals surface area contributed by atoms with Crippen LogP contribution in [0.5, 0.6) is 5.75 Å². The van der Waals surface area contributed by atoms with Crippen LogP contribution in [0.4, 0.5) is 4.39 Å². The van der Waals surface area contributed by atoms with Crippen LogP contribution in [0.3, 0.4) is 0 Å². The number of halogens is 2. The van der Waals surface area contributed by atoms with Crippen LogP contribution in [0.2, 0.25) is 5.02 Å². The molecule has 7 heteroatoms. The Bertz CT molecular complexity index is 1200. The predicted molar refractivity (Wildman–Crippen MR) is 118 cm³/mol. The zero-order valence-corrected chi connectivity index (χ0v) is 17.7. The monoisotopic (exact) mass is 437 g/mol. The van der Waals surface area contributed by atoms with Gasteiger partial charge in [0.05, 0.1) is 10.7 Å².